The Morgan fingerprint density at radius 1 is 1.39 bits per heavy atom. The first-order valence-electron chi connectivity index (χ1n) is 6.02. The van der Waals surface area contributed by atoms with Gasteiger partial charge in [0, 0.05) is 19.8 Å². The van der Waals surface area contributed by atoms with Crippen LogP contribution in [0, 0.1) is 0 Å². The first-order valence-corrected chi connectivity index (χ1v) is 6.82. The van der Waals surface area contributed by atoms with Crippen LogP contribution in [0.3, 0.4) is 0 Å². The number of rotatable bonds is 8. The van der Waals surface area contributed by atoms with Gasteiger partial charge in [0.25, 0.3) is 0 Å². The van der Waals surface area contributed by atoms with Crippen LogP contribution in [0.25, 0.3) is 0 Å². The molecule has 0 amide bonds. The summed E-state index contributed by atoms with van der Waals surface area (Å²) in [5.41, 5.74) is 1.06. The lowest BCUT2D eigenvalue weighted by Gasteiger charge is -2.10. The summed E-state index contributed by atoms with van der Waals surface area (Å²) in [6, 6.07) is 3.71. The van der Waals surface area contributed by atoms with Crippen molar-refractivity contribution in [2.45, 2.75) is 19.9 Å². The predicted molar refractivity (Wildman–Crippen MR) is 75.2 cm³/mol. The molecule has 0 saturated carbocycles. The molecule has 102 valence electrons. The smallest absolute Gasteiger partial charge is 0.172 e. The monoisotopic (exact) mass is 317 g/mol. The summed E-state index contributed by atoms with van der Waals surface area (Å²) in [5.74, 6) is 0.619. The molecule has 2 N–H and O–H groups in total. The SMILES string of the molecule is CCOCCCNCc1cc(Br)c(O)c(OC)c1. The maximum atomic E-state index is 9.68. The molecule has 1 aromatic rings. The maximum absolute atomic E-state index is 9.68. The van der Waals surface area contributed by atoms with E-state index >= 15 is 0 Å². The van der Waals surface area contributed by atoms with Crippen LogP contribution < -0.4 is 10.1 Å². The molecule has 0 aromatic heterocycles. The minimum Gasteiger partial charge on any atom is -0.503 e. The quantitative estimate of drug-likeness (QED) is 0.724. The number of hydrogen-bond acceptors (Lipinski definition) is 4. The van der Waals surface area contributed by atoms with Crippen molar-refractivity contribution >= 4 is 15.9 Å². The van der Waals surface area contributed by atoms with Gasteiger partial charge >= 0.3 is 0 Å². The van der Waals surface area contributed by atoms with E-state index in [1.165, 1.54) is 0 Å². The number of hydrogen-bond donors (Lipinski definition) is 2. The van der Waals surface area contributed by atoms with Gasteiger partial charge < -0.3 is 19.9 Å². The Kier molecular flexibility index (Phi) is 7.08. The number of halogens is 1. The van der Waals surface area contributed by atoms with Crippen LogP contribution in [0.4, 0.5) is 0 Å². The van der Waals surface area contributed by atoms with E-state index < -0.39 is 0 Å². The van der Waals surface area contributed by atoms with Crippen LogP contribution in [-0.2, 0) is 11.3 Å². The van der Waals surface area contributed by atoms with Crippen LogP contribution >= 0.6 is 15.9 Å². The Labute approximate surface area is 116 Å². The molecule has 0 heterocycles. The molecule has 18 heavy (non-hydrogen) atoms. The van der Waals surface area contributed by atoms with E-state index in [-0.39, 0.29) is 5.75 Å². The third-order valence-electron chi connectivity index (χ3n) is 2.48. The molecule has 0 aliphatic heterocycles. The van der Waals surface area contributed by atoms with Crippen LogP contribution in [0.2, 0.25) is 0 Å². The lowest BCUT2D eigenvalue weighted by atomic mass is 10.2. The van der Waals surface area contributed by atoms with Crippen molar-refractivity contribution in [3.63, 3.8) is 0 Å². The zero-order chi connectivity index (χ0) is 13.4. The normalized spacial score (nSPS) is 10.6. The number of ether oxygens (including phenoxy) is 2. The lowest BCUT2D eigenvalue weighted by Crippen LogP contribution is -2.16. The van der Waals surface area contributed by atoms with E-state index in [1.807, 2.05) is 19.1 Å². The van der Waals surface area contributed by atoms with Crippen LogP contribution in [0.15, 0.2) is 16.6 Å². The van der Waals surface area contributed by atoms with Crippen molar-refractivity contribution in [3.05, 3.63) is 22.2 Å². The summed E-state index contributed by atoms with van der Waals surface area (Å²) >= 11 is 3.30. The van der Waals surface area contributed by atoms with Gasteiger partial charge in [-0.05, 0) is 53.5 Å². The fourth-order valence-corrected chi connectivity index (χ4v) is 2.05. The second kappa shape index (κ2) is 8.34. The minimum atomic E-state index is 0.137. The Hall–Kier alpha value is -0.780. The third kappa shape index (κ3) is 4.84. The van der Waals surface area contributed by atoms with E-state index in [4.69, 9.17) is 9.47 Å². The largest absolute Gasteiger partial charge is 0.503 e. The van der Waals surface area contributed by atoms with Crippen molar-refractivity contribution in [1.29, 1.82) is 0 Å². The van der Waals surface area contributed by atoms with Crippen LogP contribution in [0.1, 0.15) is 18.9 Å². The highest BCUT2D eigenvalue weighted by Gasteiger charge is 2.08. The molecular weight excluding hydrogens is 298 g/mol. The fourth-order valence-electron chi connectivity index (χ4n) is 1.56. The molecule has 1 rings (SSSR count). The lowest BCUT2D eigenvalue weighted by molar-refractivity contribution is 0.144. The summed E-state index contributed by atoms with van der Waals surface area (Å²) in [6.45, 7) is 5.18. The summed E-state index contributed by atoms with van der Waals surface area (Å²) in [6.07, 6.45) is 0.990. The highest BCUT2D eigenvalue weighted by Crippen LogP contribution is 2.35. The molecule has 1 aromatic carbocycles. The van der Waals surface area contributed by atoms with Gasteiger partial charge in [-0.15, -0.1) is 0 Å². The van der Waals surface area contributed by atoms with Gasteiger partial charge in [0.1, 0.15) is 0 Å². The molecule has 0 aliphatic rings. The molecule has 0 spiro atoms. The van der Waals surface area contributed by atoms with Crippen molar-refractivity contribution in [2.24, 2.45) is 0 Å². The molecule has 0 fully saturated rings. The van der Waals surface area contributed by atoms with Gasteiger partial charge in [0.05, 0.1) is 11.6 Å². The Morgan fingerprint density at radius 3 is 2.83 bits per heavy atom. The van der Waals surface area contributed by atoms with Gasteiger partial charge in [-0.3, -0.25) is 0 Å². The second-order valence-corrected chi connectivity index (χ2v) is 4.71. The summed E-state index contributed by atoms with van der Waals surface area (Å²) in [7, 11) is 1.54. The standard InChI is InChI=1S/C13H20BrNO3/c1-3-18-6-4-5-15-9-10-7-11(14)13(16)12(8-10)17-2/h7-8,15-16H,3-6,9H2,1-2H3. The van der Waals surface area contributed by atoms with E-state index in [0.29, 0.717) is 10.2 Å². The molecule has 0 aliphatic carbocycles. The summed E-state index contributed by atoms with van der Waals surface area (Å²) in [4.78, 5) is 0. The number of nitrogens with one attached hydrogen (secondary N) is 1. The zero-order valence-corrected chi connectivity index (χ0v) is 12.4. The molecule has 4 nitrogen and oxygen atoms in total. The highest BCUT2D eigenvalue weighted by molar-refractivity contribution is 9.10. The average molecular weight is 318 g/mol. The zero-order valence-electron chi connectivity index (χ0n) is 10.8. The first-order chi connectivity index (χ1) is 8.69. The maximum Gasteiger partial charge on any atom is 0.172 e. The van der Waals surface area contributed by atoms with E-state index in [0.717, 1.165) is 38.3 Å². The van der Waals surface area contributed by atoms with Gasteiger partial charge in [-0.1, -0.05) is 0 Å². The molecule has 0 saturated heterocycles. The first kappa shape index (κ1) is 15.3. The molecule has 0 radical (unpaired) electrons. The Balaban J connectivity index is 2.40. The predicted octanol–water partition coefficient (Wildman–Crippen LogP) is 2.68. The Morgan fingerprint density at radius 2 is 2.17 bits per heavy atom. The van der Waals surface area contributed by atoms with Crippen molar-refractivity contribution in [3.8, 4) is 11.5 Å². The Bertz CT molecular complexity index is 371. The van der Waals surface area contributed by atoms with Gasteiger partial charge in [0.15, 0.2) is 11.5 Å². The van der Waals surface area contributed by atoms with E-state index in [2.05, 4.69) is 21.2 Å². The van der Waals surface area contributed by atoms with Gasteiger partial charge in [-0.2, -0.15) is 0 Å². The molecular formula is C13H20BrNO3. The summed E-state index contributed by atoms with van der Waals surface area (Å²) in [5, 5.41) is 13.0. The van der Waals surface area contributed by atoms with E-state index in [9.17, 15) is 5.11 Å². The van der Waals surface area contributed by atoms with Crippen LogP contribution in [0.5, 0.6) is 11.5 Å². The molecule has 0 bridgehead atoms. The fraction of sp³-hybridized carbons (Fsp3) is 0.538. The minimum absolute atomic E-state index is 0.137. The van der Waals surface area contributed by atoms with Crippen molar-refractivity contribution in [2.75, 3.05) is 26.9 Å². The van der Waals surface area contributed by atoms with E-state index in [1.54, 1.807) is 7.11 Å². The second-order valence-electron chi connectivity index (χ2n) is 3.86. The van der Waals surface area contributed by atoms with Crippen LogP contribution in [-0.4, -0.2) is 32.0 Å². The van der Waals surface area contributed by atoms with Crippen molar-refractivity contribution in [1.82, 2.24) is 5.32 Å². The molecule has 0 atom stereocenters. The highest BCUT2D eigenvalue weighted by atomic mass is 79.9. The molecule has 0 unspecified atom stereocenters. The number of methoxy groups -OCH3 is 1. The number of aromatic hydroxyl groups is 1. The van der Waals surface area contributed by atoms with Gasteiger partial charge in [0.2, 0.25) is 0 Å². The molecule has 5 heteroatoms. The van der Waals surface area contributed by atoms with Gasteiger partial charge in [-0.25, -0.2) is 0 Å². The third-order valence-corrected chi connectivity index (χ3v) is 3.09. The topological polar surface area (TPSA) is 50.7 Å². The number of phenols is 1. The number of phenolic OH excluding ortho intramolecular Hbond substituents is 1. The average Bonchev–Trinajstić information content (AvgIpc) is 2.37. The van der Waals surface area contributed by atoms with Crippen molar-refractivity contribution < 1.29 is 14.6 Å². The summed E-state index contributed by atoms with van der Waals surface area (Å²) < 4.78 is 11.0. The number of benzene rings is 1.